The number of sulfone groups is 1. The Morgan fingerprint density at radius 3 is 1.87 bits per heavy atom. The Morgan fingerprint density at radius 2 is 1.27 bits per heavy atom. The molecule has 3 aromatic carbocycles. The van der Waals surface area contributed by atoms with Crippen molar-refractivity contribution in [3.63, 3.8) is 0 Å². The molecular formula is C21H18ClNO5S2. The highest BCUT2D eigenvalue weighted by Crippen LogP contribution is 2.30. The predicted octanol–water partition coefficient (Wildman–Crippen LogP) is 3.98. The molecule has 0 N–H and O–H groups in total. The van der Waals surface area contributed by atoms with Gasteiger partial charge in [-0.1, -0.05) is 29.8 Å². The number of sulfonamides is 1. The van der Waals surface area contributed by atoms with Crippen molar-refractivity contribution < 1.29 is 21.6 Å². The van der Waals surface area contributed by atoms with Crippen LogP contribution in [0.15, 0.2) is 88.7 Å². The molecule has 1 aliphatic rings. The molecule has 1 heterocycles. The van der Waals surface area contributed by atoms with Crippen LogP contribution in [0.4, 0.5) is 0 Å². The average Bonchev–Trinajstić information content (AvgIpc) is 2.68. The third-order valence-electron chi connectivity index (χ3n) is 4.84. The lowest BCUT2D eigenvalue weighted by Crippen LogP contribution is -2.56. The maximum atomic E-state index is 12.8. The van der Waals surface area contributed by atoms with E-state index in [-0.39, 0.29) is 22.9 Å². The smallest absolute Gasteiger partial charge is 0.243 e. The van der Waals surface area contributed by atoms with Crippen LogP contribution in [-0.4, -0.2) is 39.5 Å². The van der Waals surface area contributed by atoms with Crippen LogP contribution in [-0.2, 0) is 19.9 Å². The van der Waals surface area contributed by atoms with E-state index in [0.717, 1.165) is 4.31 Å². The molecule has 9 heteroatoms. The molecule has 4 rings (SSSR count). The Bertz CT molecular complexity index is 1240. The van der Waals surface area contributed by atoms with Gasteiger partial charge in [-0.15, -0.1) is 0 Å². The van der Waals surface area contributed by atoms with Crippen molar-refractivity contribution in [2.45, 2.75) is 15.0 Å². The van der Waals surface area contributed by atoms with E-state index in [1.165, 1.54) is 36.4 Å². The van der Waals surface area contributed by atoms with Crippen LogP contribution in [0.1, 0.15) is 0 Å². The van der Waals surface area contributed by atoms with E-state index in [4.69, 9.17) is 16.3 Å². The van der Waals surface area contributed by atoms with Crippen LogP contribution in [0.5, 0.6) is 11.5 Å². The minimum atomic E-state index is -3.78. The third-order valence-corrected chi connectivity index (χ3v) is 9.04. The summed E-state index contributed by atoms with van der Waals surface area (Å²) in [6.07, 6.45) is 0. The largest absolute Gasteiger partial charge is 0.457 e. The van der Waals surface area contributed by atoms with Gasteiger partial charge in [0.15, 0.2) is 9.84 Å². The van der Waals surface area contributed by atoms with Gasteiger partial charge in [0.05, 0.1) is 15.0 Å². The molecule has 156 valence electrons. The lowest BCUT2D eigenvalue weighted by atomic mass is 10.3. The van der Waals surface area contributed by atoms with E-state index in [1.807, 2.05) is 18.2 Å². The van der Waals surface area contributed by atoms with Gasteiger partial charge in [-0.25, -0.2) is 16.8 Å². The van der Waals surface area contributed by atoms with E-state index >= 15 is 0 Å². The van der Waals surface area contributed by atoms with E-state index < -0.39 is 25.1 Å². The lowest BCUT2D eigenvalue weighted by Gasteiger charge is -2.37. The van der Waals surface area contributed by atoms with Gasteiger partial charge in [-0.2, -0.15) is 4.31 Å². The summed E-state index contributed by atoms with van der Waals surface area (Å²) >= 11 is 5.81. The number of ether oxygens (including phenoxy) is 1. The molecule has 30 heavy (non-hydrogen) atoms. The molecule has 0 radical (unpaired) electrons. The van der Waals surface area contributed by atoms with Crippen LogP contribution in [0, 0.1) is 0 Å². The monoisotopic (exact) mass is 463 g/mol. The zero-order chi connectivity index (χ0) is 21.4. The minimum absolute atomic E-state index is 0.0877. The van der Waals surface area contributed by atoms with Gasteiger partial charge in [0, 0.05) is 18.1 Å². The zero-order valence-electron chi connectivity index (χ0n) is 15.7. The van der Waals surface area contributed by atoms with Gasteiger partial charge >= 0.3 is 0 Å². The van der Waals surface area contributed by atoms with Gasteiger partial charge < -0.3 is 4.74 Å². The van der Waals surface area contributed by atoms with Crippen LogP contribution in [0.2, 0.25) is 5.02 Å². The Labute approximate surface area is 180 Å². The molecule has 0 bridgehead atoms. The molecule has 1 saturated heterocycles. The van der Waals surface area contributed by atoms with Crippen molar-refractivity contribution in [3.05, 3.63) is 83.9 Å². The molecule has 0 aliphatic carbocycles. The second kappa shape index (κ2) is 8.03. The molecule has 6 nitrogen and oxygen atoms in total. The molecule has 0 saturated carbocycles. The van der Waals surface area contributed by atoms with Gasteiger partial charge in [0.1, 0.15) is 11.5 Å². The summed E-state index contributed by atoms with van der Waals surface area (Å²) in [5.74, 6) is 1.15. The molecule has 0 unspecified atom stereocenters. The molecule has 0 aromatic heterocycles. The fourth-order valence-electron chi connectivity index (χ4n) is 3.06. The highest BCUT2D eigenvalue weighted by Gasteiger charge is 2.44. The molecule has 0 amide bonds. The molecular weight excluding hydrogens is 446 g/mol. The Morgan fingerprint density at radius 1 is 0.733 bits per heavy atom. The lowest BCUT2D eigenvalue weighted by molar-refractivity contribution is 0.309. The summed E-state index contributed by atoms with van der Waals surface area (Å²) in [5.41, 5.74) is 0. The van der Waals surface area contributed by atoms with Crippen LogP contribution in [0.3, 0.4) is 0 Å². The van der Waals surface area contributed by atoms with E-state index in [2.05, 4.69) is 0 Å². The van der Waals surface area contributed by atoms with E-state index in [1.54, 1.807) is 24.3 Å². The zero-order valence-corrected chi connectivity index (χ0v) is 18.1. The second-order valence-electron chi connectivity index (χ2n) is 6.83. The highest BCUT2D eigenvalue weighted by atomic mass is 35.5. The van der Waals surface area contributed by atoms with Crippen molar-refractivity contribution in [1.29, 1.82) is 0 Å². The standard InChI is InChI=1S/C21H18ClNO5S2/c22-16-6-10-19(11-7-16)29(24,25)21-14-23(15-21)30(26,27)20-12-8-18(9-13-20)28-17-4-2-1-3-5-17/h1-13,21H,14-15H2. The number of nitrogens with zero attached hydrogens (tertiary/aromatic N) is 1. The third kappa shape index (κ3) is 4.09. The maximum absolute atomic E-state index is 12.8. The van der Waals surface area contributed by atoms with Crippen LogP contribution < -0.4 is 4.74 Å². The number of hydrogen-bond donors (Lipinski definition) is 0. The van der Waals surface area contributed by atoms with Gasteiger partial charge in [-0.05, 0) is 60.7 Å². The van der Waals surface area contributed by atoms with Gasteiger partial charge in [-0.3, -0.25) is 0 Å². The van der Waals surface area contributed by atoms with Gasteiger partial charge in [0.25, 0.3) is 0 Å². The first-order valence-electron chi connectivity index (χ1n) is 9.09. The number of benzene rings is 3. The van der Waals surface area contributed by atoms with Crippen molar-refractivity contribution in [2.24, 2.45) is 0 Å². The SMILES string of the molecule is O=S(=O)(c1ccc(Cl)cc1)C1CN(S(=O)(=O)c2ccc(Oc3ccccc3)cc2)C1. The summed E-state index contributed by atoms with van der Waals surface area (Å²) in [6.45, 7) is -0.175. The first-order valence-corrected chi connectivity index (χ1v) is 12.5. The Hall–Kier alpha value is -2.39. The van der Waals surface area contributed by atoms with Crippen molar-refractivity contribution in [2.75, 3.05) is 13.1 Å². The number of rotatable bonds is 6. The summed E-state index contributed by atoms with van der Waals surface area (Å²) in [5, 5.41) is -0.347. The van der Waals surface area contributed by atoms with Crippen LogP contribution >= 0.6 is 11.6 Å². The van der Waals surface area contributed by atoms with Crippen molar-refractivity contribution >= 4 is 31.5 Å². The molecule has 0 atom stereocenters. The summed E-state index contributed by atoms with van der Waals surface area (Å²) < 4.78 is 57.8. The second-order valence-corrected chi connectivity index (χ2v) is 11.4. The minimum Gasteiger partial charge on any atom is -0.457 e. The van der Waals surface area contributed by atoms with Gasteiger partial charge in [0.2, 0.25) is 10.0 Å². The Balaban J connectivity index is 1.44. The van der Waals surface area contributed by atoms with E-state index in [9.17, 15) is 16.8 Å². The topological polar surface area (TPSA) is 80.8 Å². The fraction of sp³-hybridized carbons (Fsp3) is 0.143. The predicted molar refractivity (Wildman–Crippen MR) is 114 cm³/mol. The van der Waals surface area contributed by atoms with Crippen molar-refractivity contribution in [3.8, 4) is 11.5 Å². The molecule has 0 spiro atoms. The quantitative estimate of drug-likeness (QED) is 0.552. The summed E-state index contributed by atoms with van der Waals surface area (Å²) in [7, 11) is -7.40. The maximum Gasteiger partial charge on any atom is 0.243 e. The first-order chi connectivity index (χ1) is 14.3. The molecule has 1 fully saturated rings. The fourth-order valence-corrected chi connectivity index (χ4v) is 6.56. The number of halogens is 1. The summed E-state index contributed by atoms with van der Waals surface area (Å²) in [6, 6.07) is 21.1. The molecule has 3 aromatic rings. The average molecular weight is 464 g/mol. The van der Waals surface area contributed by atoms with Crippen molar-refractivity contribution in [1.82, 2.24) is 4.31 Å². The van der Waals surface area contributed by atoms with Crippen LogP contribution in [0.25, 0.3) is 0 Å². The number of hydrogen-bond acceptors (Lipinski definition) is 5. The number of para-hydroxylation sites is 1. The van der Waals surface area contributed by atoms with E-state index in [0.29, 0.717) is 16.5 Å². The molecule has 1 aliphatic heterocycles. The Kier molecular flexibility index (Phi) is 5.59. The highest BCUT2D eigenvalue weighted by molar-refractivity contribution is 7.92. The summed E-state index contributed by atoms with van der Waals surface area (Å²) in [4.78, 5) is 0.224. The first kappa shape index (κ1) is 20.9. The normalized spacial score (nSPS) is 15.5.